The third-order valence-corrected chi connectivity index (χ3v) is 7.72. The number of aryl methyl sites for hydroxylation is 1. The number of pyridine rings is 1. The number of aromatic amines is 1. The Kier molecular flexibility index (Phi) is 6.00. The molecule has 1 aliphatic carbocycles. The summed E-state index contributed by atoms with van der Waals surface area (Å²) in [5.74, 6) is 0.493. The summed E-state index contributed by atoms with van der Waals surface area (Å²) in [5.41, 5.74) is 3.01. The van der Waals surface area contributed by atoms with Crippen LogP contribution in [0.3, 0.4) is 0 Å². The lowest BCUT2D eigenvalue weighted by atomic mass is 10.0. The minimum absolute atomic E-state index is 0.126. The highest BCUT2D eigenvalue weighted by molar-refractivity contribution is 5.82. The lowest BCUT2D eigenvalue weighted by Gasteiger charge is -2.39. The summed E-state index contributed by atoms with van der Waals surface area (Å²) in [6.45, 7) is 4.60. The zero-order valence-electron chi connectivity index (χ0n) is 20.4. The minimum Gasteiger partial charge on any atom is -0.367 e. The van der Waals surface area contributed by atoms with Crippen LogP contribution >= 0.6 is 0 Å². The first-order valence-electron chi connectivity index (χ1n) is 12.7. The average Bonchev–Trinajstić information content (AvgIpc) is 3.59. The number of rotatable bonds is 5. The van der Waals surface area contributed by atoms with E-state index in [0.29, 0.717) is 43.3 Å². The van der Waals surface area contributed by atoms with Gasteiger partial charge in [0.05, 0.1) is 17.2 Å². The maximum atomic E-state index is 14.4. The molecule has 2 aliphatic rings. The van der Waals surface area contributed by atoms with Crippen LogP contribution in [0, 0.1) is 12.7 Å². The maximum absolute atomic E-state index is 14.4. The van der Waals surface area contributed by atoms with Gasteiger partial charge in [-0.2, -0.15) is 0 Å². The molecule has 2 fully saturated rings. The highest BCUT2D eigenvalue weighted by Crippen LogP contribution is 2.34. The molecule has 9 heteroatoms. The Hall–Kier alpha value is -3.59. The summed E-state index contributed by atoms with van der Waals surface area (Å²) >= 11 is 0. The Morgan fingerprint density at radius 2 is 1.81 bits per heavy atom. The van der Waals surface area contributed by atoms with Crippen molar-refractivity contribution >= 4 is 16.6 Å². The lowest BCUT2D eigenvalue weighted by molar-refractivity contribution is 0.196. The summed E-state index contributed by atoms with van der Waals surface area (Å²) in [7, 11) is 0. The fourth-order valence-electron chi connectivity index (χ4n) is 5.82. The molecule has 0 radical (unpaired) electrons. The van der Waals surface area contributed by atoms with Gasteiger partial charge in [0.2, 0.25) is 0 Å². The molecule has 3 heterocycles. The van der Waals surface area contributed by atoms with Crippen LogP contribution in [0.15, 0.2) is 53.3 Å². The second kappa shape index (κ2) is 9.46. The molecular weight excluding hydrogens is 457 g/mol. The molecule has 2 aromatic carbocycles. The second-order valence-corrected chi connectivity index (χ2v) is 9.89. The van der Waals surface area contributed by atoms with Crippen molar-refractivity contribution in [1.29, 1.82) is 0 Å². The first-order valence-corrected chi connectivity index (χ1v) is 12.7. The topological polar surface area (TPSA) is 82.9 Å². The van der Waals surface area contributed by atoms with Gasteiger partial charge in [0.1, 0.15) is 11.9 Å². The molecule has 6 rings (SSSR count). The molecule has 0 spiro atoms. The number of piperazine rings is 1. The van der Waals surface area contributed by atoms with Gasteiger partial charge in [-0.15, -0.1) is 5.10 Å². The highest BCUT2D eigenvalue weighted by Gasteiger charge is 2.35. The number of anilines is 1. The van der Waals surface area contributed by atoms with Crippen LogP contribution < -0.4 is 10.5 Å². The summed E-state index contributed by atoms with van der Waals surface area (Å²) < 4.78 is 16.4. The Balaban J connectivity index is 1.40. The van der Waals surface area contributed by atoms with Crippen LogP contribution in [0.25, 0.3) is 10.9 Å². The predicted molar refractivity (Wildman–Crippen MR) is 137 cm³/mol. The smallest absolute Gasteiger partial charge is 0.253 e. The molecule has 0 amide bonds. The van der Waals surface area contributed by atoms with Gasteiger partial charge < -0.3 is 9.88 Å². The third kappa shape index (κ3) is 4.07. The molecule has 2 aromatic heterocycles. The normalized spacial score (nSPS) is 18.2. The minimum atomic E-state index is -0.392. The number of para-hydroxylation sites is 2. The summed E-state index contributed by atoms with van der Waals surface area (Å²) in [6.07, 6.45) is 4.40. The number of hydrogen-bond acceptors (Lipinski definition) is 6. The number of nitrogens with one attached hydrogen (secondary N) is 1. The van der Waals surface area contributed by atoms with Crippen LogP contribution in [0.5, 0.6) is 0 Å². The van der Waals surface area contributed by atoms with E-state index in [1.165, 1.54) is 6.07 Å². The standard InChI is InChI=1S/C27H30FN7O/c1-18-7-6-8-19-17-21(27(36)29-24(18)19)25(26-30-31-32-35(26)20-9-2-3-10-20)34-15-13-33(14-16-34)23-12-5-4-11-22(23)28/h4-8,11-12,17,20,25H,2-3,9-10,13-16H2,1H3,(H,29,36). The lowest BCUT2D eigenvalue weighted by Crippen LogP contribution is -2.49. The van der Waals surface area contributed by atoms with Crippen molar-refractivity contribution in [3.05, 3.63) is 81.7 Å². The number of hydrogen-bond donors (Lipinski definition) is 1. The van der Waals surface area contributed by atoms with Crippen molar-refractivity contribution in [2.45, 2.75) is 44.7 Å². The van der Waals surface area contributed by atoms with Crippen molar-refractivity contribution < 1.29 is 4.39 Å². The van der Waals surface area contributed by atoms with Gasteiger partial charge in [-0.1, -0.05) is 43.2 Å². The zero-order chi connectivity index (χ0) is 24.6. The molecule has 4 aromatic rings. The van der Waals surface area contributed by atoms with Gasteiger partial charge in [0, 0.05) is 31.7 Å². The molecule has 1 saturated carbocycles. The van der Waals surface area contributed by atoms with Gasteiger partial charge >= 0.3 is 0 Å². The fraction of sp³-hybridized carbons (Fsp3) is 0.407. The maximum Gasteiger partial charge on any atom is 0.253 e. The van der Waals surface area contributed by atoms with Crippen LogP contribution in [-0.4, -0.2) is 56.3 Å². The quantitative estimate of drug-likeness (QED) is 0.458. The molecule has 1 N–H and O–H groups in total. The number of aromatic nitrogens is 5. The number of halogens is 1. The molecule has 186 valence electrons. The fourth-order valence-corrected chi connectivity index (χ4v) is 5.82. The van der Waals surface area contributed by atoms with Crippen molar-refractivity contribution in [2.24, 2.45) is 0 Å². The summed E-state index contributed by atoms with van der Waals surface area (Å²) in [4.78, 5) is 21.0. The predicted octanol–water partition coefficient (Wildman–Crippen LogP) is 3.99. The Morgan fingerprint density at radius 3 is 2.58 bits per heavy atom. The van der Waals surface area contributed by atoms with E-state index in [1.807, 2.05) is 48.0 Å². The molecule has 1 atom stereocenters. The Bertz CT molecular complexity index is 1430. The van der Waals surface area contributed by atoms with Gasteiger partial charge in [-0.25, -0.2) is 9.07 Å². The number of tetrazole rings is 1. The number of nitrogens with zero attached hydrogens (tertiary/aromatic N) is 6. The number of benzene rings is 2. The monoisotopic (exact) mass is 487 g/mol. The molecule has 0 bridgehead atoms. The van der Waals surface area contributed by atoms with Crippen molar-refractivity contribution in [2.75, 3.05) is 31.1 Å². The average molecular weight is 488 g/mol. The summed E-state index contributed by atoms with van der Waals surface area (Å²) in [6, 6.07) is 14.8. The van der Waals surface area contributed by atoms with Crippen LogP contribution in [0.1, 0.15) is 54.7 Å². The van der Waals surface area contributed by atoms with Gasteiger partial charge in [-0.3, -0.25) is 9.69 Å². The van der Waals surface area contributed by atoms with E-state index in [4.69, 9.17) is 0 Å². The van der Waals surface area contributed by atoms with Gasteiger partial charge in [0.25, 0.3) is 5.56 Å². The van der Waals surface area contributed by atoms with Crippen molar-refractivity contribution in [1.82, 2.24) is 30.1 Å². The Morgan fingerprint density at radius 1 is 1.03 bits per heavy atom. The van der Waals surface area contributed by atoms with Crippen molar-refractivity contribution in [3.63, 3.8) is 0 Å². The number of H-pyrrole nitrogens is 1. The third-order valence-electron chi connectivity index (χ3n) is 7.72. The van der Waals surface area contributed by atoms with E-state index < -0.39 is 6.04 Å². The van der Waals surface area contributed by atoms with Crippen molar-refractivity contribution in [3.8, 4) is 0 Å². The molecular formula is C27H30FN7O. The first kappa shape index (κ1) is 22.8. The van der Waals surface area contributed by atoms with Gasteiger partial charge in [0.15, 0.2) is 5.82 Å². The molecule has 8 nitrogen and oxygen atoms in total. The molecule has 1 unspecified atom stereocenters. The van der Waals surface area contributed by atoms with Crippen LogP contribution in [0.2, 0.25) is 0 Å². The zero-order valence-corrected chi connectivity index (χ0v) is 20.4. The highest BCUT2D eigenvalue weighted by atomic mass is 19.1. The molecule has 1 aliphatic heterocycles. The van der Waals surface area contributed by atoms with Crippen LogP contribution in [-0.2, 0) is 0 Å². The van der Waals surface area contributed by atoms with Gasteiger partial charge in [-0.05, 0) is 59.3 Å². The SMILES string of the molecule is Cc1cccc2cc(C(c3nnnn3C3CCCC3)N3CCN(c4ccccc4F)CC3)c(=O)[nH]c12. The largest absolute Gasteiger partial charge is 0.367 e. The van der Waals surface area contributed by atoms with E-state index in [2.05, 4.69) is 30.3 Å². The number of fused-ring (bicyclic) bond motifs is 1. The van der Waals surface area contributed by atoms with E-state index >= 15 is 0 Å². The second-order valence-electron chi connectivity index (χ2n) is 9.89. The first-order chi connectivity index (χ1) is 17.6. The van der Waals surface area contributed by atoms with E-state index in [0.717, 1.165) is 42.1 Å². The van der Waals surface area contributed by atoms with E-state index in [-0.39, 0.29) is 17.4 Å². The van der Waals surface area contributed by atoms with Crippen LogP contribution in [0.4, 0.5) is 10.1 Å². The molecule has 36 heavy (non-hydrogen) atoms. The van der Waals surface area contributed by atoms with E-state index in [9.17, 15) is 9.18 Å². The summed E-state index contributed by atoms with van der Waals surface area (Å²) in [5, 5.41) is 13.9. The molecule has 1 saturated heterocycles. The Labute approximate surface area is 208 Å². The van der Waals surface area contributed by atoms with E-state index in [1.54, 1.807) is 6.07 Å².